The van der Waals surface area contributed by atoms with Gasteiger partial charge >= 0.3 is 0 Å². The highest BCUT2D eigenvalue weighted by molar-refractivity contribution is 5.97. The lowest BCUT2D eigenvalue weighted by Gasteiger charge is -2.12. The molecule has 0 radical (unpaired) electrons. The van der Waals surface area contributed by atoms with E-state index in [4.69, 9.17) is 5.73 Å². The first-order valence-corrected chi connectivity index (χ1v) is 7.71. The van der Waals surface area contributed by atoms with Gasteiger partial charge in [-0.3, -0.25) is 4.98 Å². The molecule has 2 aromatic rings. The van der Waals surface area contributed by atoms with Gasteiger partial charge in [0.15, 0.2) is 0 Å². The van der Waals surface area contributed by atoms with E-state index in [0.29, 0.717) is 0 Å². The number of nitrogens with zero attached hydrogens (tertiary/aromatic N) is 1. The van der Waals surface area contributed by atoms with Gasteiger partial charge in [0.1, 0.15) is 0 Å². The standard InChI is InChI=1S/C17H23N3/c18-15-9-3-8-14-16(10-12-20-17(14)15)19-11-4-7-13-5-1-2-6-13/h3,8-10,12-13H,1-2,4-7,11,18H2,(H,19,20). The van der Waals surface area contributed by atoms with E-state index in [1.165, 1.54) is 38.5 Å². The van der Waals surface area contributed by atoms with Gasteiger partial charge in [-0.05, 0) is 30.9 Å². The number of aromatic nitrogens is 1. The van der Waals surface area contributed by atoms with Gasteiger partial charge in [0, 0.05) is 23.8 Å². The zero-order valence-corrected chi connectivity index (χ0v) is 11.9. The van der Waals surface area contributed by atoms with Crippen molar-refractivity contribution in [2.24, 2.45) is 5.92 Å². The molecule has 3 N–H and O–H groups in total. The number of fused-ring (bicyclic) bond motifs is 1. The van der Waals surface area contributed by atoms with Crippen LogP contribution in [0.3, 0.4) is 0 Å². The maximum atomic E-state index is 5.97. The van der Waals surface area contributed by atoms with E-state index in [9.17, 15) is 0 Å². The second-order valence-corrected chi connectivity index (χ2v) is 5.82. The summed E-state index contributed by atoms with van der Waals surface area (Å²) in [5.41, 5.74) is 8.76. The normalized spacial score (nSPS) is 15.8. The van der Waals surface area contributed by atoms with Crippen LogP contribution < -0.4 is 11.1 Å². The lowest BCUT2D eigenvalue weighted by Crippen LogP contribution is -2.05. The molecule has 0 amide bonds. The third-order valence-electron chi connectivity index (χ3n) is 4.38. The second-order valence-electron chi connectivity index (χ2n) is 5.82. The number of nitrogens with one attached hydrogen (secondary N) is 1. The highest BCUT2D eigenvalue weighted by Gasteiger charge is 2.14. The molecule has 3 heteroatoms. The average Bonchev–Trinajstić information content (AvgIpc) is 2.98. The zero-order valence-electron chi connectivity index (χ0n) is 11.9. The molecule has 3 rings (SSSR count). The molecule has 0 atom stereocenters. The maximum Gasteiger partial charge on any atom is 0.0951 e. The summed E-state index contributed by atoms with van der Waals surface area (Å²) in [5, 5.41) is 4.66. The smallest absolute Gasteiger partial charge is 0.0951 e. The Morgan fingerprint density at radius 3 is 2.90 bits per heavy atom. The molecular formula is C17H23N3. The largest absolute Gasteiger partial charge is 0.397 e. The first kappa shape index (κ1) is 13.2. The van der Waals surface area contributed by atoms with E-state index in [0.717, 1.165) is 34.7 Å². The Labute approximate surface area is 120 Å². The topological polar surface area (TPSA) is 50.9 Å². The molecule has 1 heterocycles. The van der Waals surface area contributed by atoms with Crippen molar-refractivity contribution in [1.82, 2.24) is 4.98 Å². The monoisotopic (exact) mass is 269 g/mol. The third-order valence-corrected chi connectivity index (χ3v) is 4.38. The van der Waals surface area contributed by atoms with E-state index in [1.807, 2.05) is 24.4 Å². The number of pyridine rings is 1. The molecule has 1 saturated carbocycles. The quantitative estimate of drug-likeness (QED) is 0.632. The Hall–Kier alpha value is -1.77. The summed E-state index contributed by atoms with van der Waals surface area (Å²) in [6.07, 6.45) is 10.2. The summed E-state index contributed by atoms with van der Waals surface area (Å²) in [7, 11) is 0. The first-order valence-electron chi connectivity index (χ1n) is 7.71. The van der Waals surface area contributed by atoms with Crippen molar-refractivity contribution in [2.75, 3.05) is 17.6 Å². The number of anilines is 2. The van der Waals surface area contributed by atoms with Crippen LogP contribution in [0.25, 0.3) is 10.9 Å². The summed E-state index contributed by atoms with van der Waals surface area (Å²) in [5.74, 6) is 0.974. The number of hydrogen-bond acceptors (Lipinski definition) is 3. The number of nitrogen functional groups attached to an aromatic ring is 1. The molecule has 0 aliphatic heterocycles. The van der Waals surface area contributed by atoms with Crippen molar-refractivity contribution in [2.45, 2.75) is 38.5 Å². The first-order chi connectivity index (χ1) is 9.84. The van der Waals surface area contributed by atoms with Crippen LogP contribution in [-0.4, -0.2) is 11.5 Å². The van der Waals surface area contributed by atoms with Gasteiger partial charge in [0.2, 0.25) is 0 Å². The van der Waals surface area contributed by atoms with Crippen LogP contribution in [0.4, 0.5) is 11.4 Å². The Morgan fingerprint density at radius 2 is 2.05 bits per heavy atom. The number of rotatable bonds is 5. The van der Waals surface area contributed by atoms with Gasteiger partial charge in [0.25, 0.3) is 0 Å². The summed E-state index contributed by atoms with van der Waals surface area (Å²) in [6, 6.07) is 8.01. The van der Waals surface area contributed by atoms with Crippen LogP contribution in [0.15, 0.2) is 30.5 Å². The van der Waals surface area contributed by atoms with E-state index in [2.05, 4.69) is 16.4 Å². The molecule has 0 saturated heterocycles. The molecule has 20 heavy (non-hydrogen) atoms. The SMILES string of the molecule is Nc1cccc2c(NCCCC3CCCC3)ccnc12. The Bertz CT molecular complexity index is 573. The fourth-order valence-electron chi connectivity index (χ4n) is 3.27. The Kier molecular flexibility index (Phi) is 4.05. The van der Waals surface area contributed by atoms with Crippen LogP contribution >= 0.6 is 0 Å². The van der Waals surface area contributed by atoms with Crippen LogP contribution in [-0.2, 0) is 0 Å². The predicted molar refractivity (Wildman–Crippen MR) is 85.8 cm³/mol. The second kappa shape index (κ2) is 6.12. The van der Waals surface area contributed by atoms with E-state index in [1.54, 1.807) is 0 Å². The third kappa shape index (κ3) is 2.87. The maximum absolute atomic E-state index is 5.97. The Morgan fingerprint density at radius 1 is 1.20 bits per heavy atom. The molecule has 3 nitrogen and oxygen atoms in total. The molecule has 106 valence electrons. The molecule has 0 unspecified atom stereocenters. The van der Waals surface area contributed by atoms with Crippen molar-refractivity contribution in [3.05, 3.63) is 30.5 Å². The van der Waals surface area contributed by atoms with Crippen molar-refractivity contribution < 1.29 is 0 Å². The van der Waals surface area contributed by atoms with Crippen molar-refractivity contribution in [3.63, 3.8) is 0 Å². The highest BCUT2D eigenvalue weighted by atomic mass is 14.9. The van der Waals surface area contributed by atoms with Gasteiger partial charge < -0.3 is 11.1 Å². The van der Waals surface area contributed by atoms with Crippen LogP contribution in [0.2, 0.25) is 0 Å². The fraction of sp³-hybridized carbons (Fsp3) is 0.471. The molecule has 1 aromatic heterocycles. The van der Waals surface area contributed by atoms with Crippen LogP contribution in [0.5, 0.6) is 0 Å². The van der Waals surface area contributed by atoms with Crippen molar-refractivity contribution in [1.29, 1.82) is 0 Å². The van der Waals surface area contributed by atoms with Crippen LogP contribution in [0, 0.1) is 5.92 Å². The minimum absolute atomic E-state index is 0.747. The summed E-state index contributed by atoms with van der Waals surface area (Å²) >= 11 is 0. The van der Waals surface area contributed by atoms with Crippen molar-refractivity contribution in [3.8, 4) is 0 Å². The minimum atomic E-state index is 0.747. The highest BCUT2D eigenvalue weighted by Crippen LogP contribution is 2.29. The number of hydrogen-bond donors (Lipinski definition) is 2. The number of para-hydroxylation sites is 1. The summed E-state index contributed by atoms with van der Waals surface area (Å²) < 4.78 is 0. The minimum Gasteiger partial charge on any atom is -0.397 e. The van der Waals surface area contributed by atoms with Gasteiger partial charge in [-0.2, -0.15) is 0 Å². The van der Waals surface area contributed by atoms with E-state index in [-0.39, 0.29) is 0 Å². The molecule has 0 bridgehead atoms. The predicted octanol–water partition coefficient (Wildman–Crippen LogP) is 4.20. The van der Waals surface area contributed by atoms with Crippen molar-refractivity contribution >= 4 is 22.3 Å². The van der Waals surface area contributed by atoms with Gasteiger partial charge in [0.05, 0.1) is 11.2 Å². The molecular weight excluding hydrogens is 246 g/mol. The fourth-order valence-corrected chi connectivity index (χ4v) is 3.27. The zero-order chi connectivity index (χ0) is 13.8. The molecule has 1 aliphatic rings. The lowest BCUT2D eigenvalue weighted by molar-refractivity contribution is 0.491. The van der Waals surface area contributed by atoms with Gasteiger partial charge in [-0.25, -0.2) is 0 Å². The molecule has 0 spiro atoms. The number of nitrogens with two attached hydrogens (primary N) is 1. The van der Waals surface area contributed by atoms with E-state index >= 15 is 0 Å². The molecule has 1 fully saturated rings. The summed E-state index contributed by atoms with van der Waals surface area (Å²) in [6.45, 7) is 1.03. The molecule has 1 aromatic carbocycles. The molecule has 1 aliphatic carbocycles. The average molecular weight is 269 g/mol. The van der Waals surface area contributed by atoms with Gasteiger partial charge in [-0.15, -0.1) is 0 Å². The lowest BCUT2D eigenvalue weighted by atomic mass is 10.0. The van der Waals surface area contributed by atoms with Crippen LogP contribution in [0.1, 0.15) is 38.5 Å². The van der Waals surface area contributed by atoms with Gasteiger partial charge in [-0.1, -0.05) is 37.8 Å². The summed E-state index contributed by atoms with van der Waals surface area (Å²) in [4.78, 5) is 4.37. The Balaban J connectivity index is 1.61. The van der Waals surface area contributed by atoms with E-state index < -0.39 is 0 Å². The number of benzene rings is 1.